The molecular weight excluding hydrogens is 262 g/mol. The number of rotatable bonds is 7. The SMILES string of the molecule is O=C(O)CC1(CNC(=O)NCC(=O)NC2CC2)CCC1. The zero-order chi connectivity index (χ0) is 14.6. The largest absolute Gasteiger partial charge is 0.481 e. The van der Waals surface area contributed by atoms with Gasteiger partial charge in [-0.1, -0.05) is 6.42 Å². The molecule has 0 atom stereocenters. The predicted octanol–water partition coefficient (Wildman–Crippen LogP) is 0.209. The molecule has 2 aliphatic carbocycles. The number of carboxylic acid groups (broad SMARTS) is 1. The zero-order valence-corrected chi connectivity index (χ0v) is 11.4. The molecule has 0 bridgehead atoms. The Morgan fingerprint density at radius 3 is 2.35 bits per heavy atom. The normalized spacial score (nSPS) is 19.6. The molecule has 7 heteroatoms. The minimum absolute atomic E-state index is 0.0474. The molecule has 2 aliphatic rings. The highest BCUT2D eigenvalue weighted by Gasteiger charge is 2.39. The third kappa shape index (κ3) is 4.40. The van der Waals surface area contributed by atoms with Gasteiger partial charge in [-0.15, -0.1) is 0 Å². The van der Waals surface area contributed by atoms with Crippen molar-refractivity contribution >= 4 is 17.9 Å². The molecule has 4 N–H and O–H groups in total. The van der Waals surface area contributed by atoms with Gasteiger partial charge in [0.15, 0.2) is 0 Å². The van der Waals surface area contributed by atoms with Crippen LogP contribution in [0.15, 0.2) is 0 Å². The van der Waals surface area contributed by atoms with Crippen LogP contribution < -0.4 is 16.0 Å². The van der Waals surface area contributed by atoms with Crippen LogP contribution in [-0.4, -0.2) is 42.1 Å². The fourth-order valence-electron chi connectivity index (χ4n) is 2.41. The Morgan fingerprint density at radius 2 is 1.85 bits per heavy atom. The van der Waals surface area contributed by atoms with Crippen LogP contribution in [0, 0.1) is 5.41 Å². The number of carboxylic acids is 1. The van der Waals surface area contributed by atoms with Gasteiger partial charge in [-0.2, -0.15) is 0 Å². The van der Waals surface area contributed by atoms with E-state index in [0.717, 1.165) is 32.1 Å². The van der Waals surface area contributed by atoms with Crippen LogP contribution in [0.3, 0.4) is 0 Å². The van der Waals surface area contributed by atoms with E-state index in [1.54, 1.807) is 0 Å². The van der Waals surface area contributed by atoms with Gasteiger partial charge in [0.1, 0.15) is 0 Å². The second-order valence-electron chi connectivity index (χ2n) is 5.80. The highest BCUT2D eigenvalue weighted by molar-refractivity contribution is 5.84. The predicted molar refractivity (Wildman–Crippen MR) is 71.1 cm³/mol. The number of carbonyl (C=O) groups excluding carboxylic acids is 2. The van der Waals surface area contributed by atoms with Crippen LogP contribution in [0.4, 0.5) is 4.79 Å². The molecule has 3 amide bonds. The quantitative estimate of drug-likeness (QED) is 0.535. The average molecular weight is 283 g/mol. The lowest BCUT2D eigenvalue weighted by molar-refractivity contribution is -0.141. The Bertz CT molecular complexity index is 402. The molecule has 0 unspecified atom stereocenters. The van der Waals surface area contributed by atoms with Crippen molar-refractivity contribution < 1.29 is 19.5 Å². The summed E-state index contributed by atoms with van der Waals surface area (Å²) in [6, 6.07) is -0.145. The van der Waals surface area contributed by atoms with Gasteiger partial charge in [-0.05, 0) is 31.1 Å². The Balaban J connectivity index is 1.63. The van der Waals surface area contributed by atoms with Gasteiger partial charge in [0.2, 0.25) is 5.91 Å². The first kappa shape index (κ1) is 14.6. The molecule has 112 valence electrons. The topological polar surface area (TPSA) is 108 Å². The van der Waals surface area contributed by atoms with E-state index in [2.05, 4.69) is 16.0 Å². The monoisotopic (exact) mass is 283 g/mol. The van der Waals surface area contributed by atoms with Crippen LogP contribution in [0.2, 0.25) is 0 Å². The van der Waals surface area contributed by atoms with Crippen LogP contribution in [0.25, 0.3) is 0 Å². The molecule has 0 heterocycles. The zero-order valence-electron chi connectivity index (χ0n) is 11.4. The van der Waals surface area contributed by atoms with Gasteiger partial charge < -0.3 is 21.1 Å². The minimum atomic E-state index is -0.837. The molecule has 0 radical (unpaired) electrons. The van der Waals surface area contributed by atoms with E-state index < -0.39 is 12.0 Å². The first-order chi connectivity index (χ1) is 9.49. The van der Waals surface area contributed by atoms with Gasteiger partial charge >= 0.3 is 12.0 Å². The Kier molecular flexibility index (Phi) is 4.46. The van der Waals surface area contributed by atoms with E-state index in [1.807, 2.05) is 0 Å². The standard InChI is InChI=1S/C13H21N3O4/c17-10(16-9-2-3-9)7-14-12(20)15-8-13(4-1-5-13)6-11(18)19/h9H,1-8H2,(H,16,17)(H,18,19)(H2,14,15,20). The third-order valence-electron chi connectivity index (χ3n) is 3.92. The number of hydrogen-bond acceptors (Lipinski definition) is 3. The molecule has 7 nitrogen and oxygen atoms in total. The lowest BCUT2D eigenvalue weighted by Crippen LogP contribution is -2.48. The summed E-state index contributed by atoms with van der Waals surface area (Å²) in [6.07, 6.45) is 4.74. The molecule has 0 spiro atoms. The summed E-state index contributed by atoms with van der Waals surface area (Å²) in [5.74, 6) is -1.03. The minimum Gasteiger partial charge on any atom is -0.481 e. The highest BCUT2D eigenvalue weighted by atomic mass is 16.4. The molecule has 0 aromatic heterocycles. The third-order valence-corrected chi connectivity index (χ3v) is 3.92. The fraction of sp³-hybridized carbons (Fsp3) is 0.769. The molecule has 0 saturated heterocycles. The van der Waals surface area contributed by atoms with E-state index in [-0.39, 0.29) is 30.3 Å². The average Bonchev–Trinajstić information content (AvgIpc) is 3.13. The Morgan fingerprint density at radius 1 is 1.15 bits per heavy atom. The summed E-state index contributed by atoms with van der Waals surface area (Å²) >= 11 is 0. The molecule has 0 aromatic rings. The first-order valence-electron chi connectivity index (χ1n) is 7.02. The van der Waals surface area contributed by atoms with Gasteiger partial charge in [0.05, 0.1) is 13.0 Å². The van der Waals surface area contributed by atoms with E-state index in [9.17, 15) is 14.4 Å². The maximum atomic E-state index is 11.6. The van der Waals surface area contributed by atoms with Crippen molar-refractivity contribution in [3.8, 4) is 0 Å². The smallest absolute Gasteiger partial charge is 0.315 e. The summed E-state index contributed by atoms with van der Waals surface area (Å²) in [5, 5.41) is 16.8. The summed E-state index contributed by atoms with van der Waals surface area (Å²) in [5.41, 5.74) is -0.306. The van der Waals surface area contributed by atoms with Gasteiger partial charge in [-0.25, -0.2) is 4.79 Å². The lowest BCUT2D eigenvalue weighted by atomic mass is 9.66. The van der Waals surface area contributed by atoms with Gasteiger partial charge in [-0.3, -0.25) is 9.59 Å². The second-order valence-corrected chi connectivity index (χ2v) is 5.80. The van der Waals surface area contributed by atoms with E-state index in [1.165, 1.54) is 0 Å². The van der Waals surface area contributed by atoms with Crippen LogP contribution in [0.1, 0.15) is 38.5 Å². The molecule has 0 aliphatic heterocycles. The number of amides is 3. The molecule has 0 aromatic carbocycles. The van der Waals surface area contributed by atoms with E-state index in [0.29, 0.717) is 6.54 Å². The second kappa shape index (κ2) is 6.11. The van der Waals surface area contributed by atoms with Gasteiger partial charge in [0, 0.05) is 12.6 Å². The van der Waals surface area contributed by atoms with Crippen molar-refractivity contribution in [3.05, 3.63) is 0 Å². The van der Waals surface area contributed by atoms with Crippen molar-refractivity contribution in [1.82, 2.24) is 16.0 Å². The number of hydrogen-bond donors (Lipinski definition) is 4. The maximum Gasteiger partial charge on any atom is 0.315 e. The summed E-state index contributed by atoms with van der Waals surface area (Å²) < 4.78 is 0. The number of urea groups is 1. The lowest BCUT2D eigenvalue weighted by Gasteiger charge is -2.40. The van der Waals surface area contributed by atoms with Crippen molar-refractivity contribution in [2.45, 2.75) is 44.6 Å². The highest BCUT2D eigenvalue weighted by Crippen LogP contribution is 2.43. The maximum absolute atomic E-state index is 11.6. The van der Waals surface area contributed by atoms with Crippen molar-refractivity contribution in [3.63, 3.8) is 0 Å². The number of aliphatic carboxylic acids is 1. The van der Waals surface area contributed by atoms with Crippen LogP contribution >= 0.6 is 0 Å². The van der Waals surface area contributed by atoms with Gasteiger partial charge in [0.25, 0.3) is 0 Å². The molecule has 2 saturated carbocycles. The summed E-state index contributed by atoms with van der Waals surface area (Å²) in [4.78, 5) is 33.7. The molecular formula is C13H21N3O4. The Labute approximate surface area is 117 Å². The number of nitrogens with one attached hydrogen (secondary N) is 3. The number of carbonyl (C=O) groups is 3. The van der Waals surface area contributed by atoms with E-state index >= 15 is 0 Å². The molecule has 20 heavy (non-hydrogen) atoms. The Hall–Kier alpha value is -1.79. The first-order valence-corrected chi connectivity index (χ1v) is 7.02. The van der Waals surface area contributed by atoms with Crippen LogP contribution in [0.5, 0.6) is 0 Å². The van der Waals surface area contributed by atoms with E-state index in [4.69, 9.17) is 5.11 Å². The molecule has 2 rings (SSSR count). The summed E-state index contributed by atoms with van der Waals surface area (Å²) in [7, 11) is 0. The van der Waals surface area contributed by atoms with Crippen molar-refractivity contribution in [2.75, 3.05) is 13.1 Å². The van der Waals surface area contributed by atoms with Crippen molar-refractivity contribution in [1.29, 1.82) is 0 Å². The fourth-order valence-corrected chi connectivity index (χ4v) is 2.41. The molecule has 2 fully saturated rings. The summed E-state index contributed by atoms with van der Waals surface area (Å²) in [6.45, 7) is 0.295. The van der Waals surface area contributed by atoms with Crippen molar-refractivity contribution in [2.24, 2.45) is 5.41 Å². The van der Waals surface area contributed by atoms with Crippen LogP contribution in [-0.2, 0) is 9.59 Å².